The fourth-order valence-corrected chi connectivity index (χ4v) is 1.17. The molecule has 0 radical (unpaired) electrons. The highest BCUT2D eigenvalue weighted by atomic mass is 16.1. The zero-order chi connectivity index (χ0) is 12.0. The molecule has 88 valence electrons. The number of anilines is 1. The standard InChI is InChI=1S/C11H18N4O/c1-8(6-12)7-15-9-3-4-14-10(5-9)11(16)13-2/h3-5,8H,6-7,12H2,1-2H3,(H,13,16)(H,14,15). The van der Waals surface area contributed by atoms with Crippen molar-refractivity contribution in [3.63, 3.8) is 0 Å². The fourth-order valence-electron chi connectivity index (χ4n) is 1.17. The third-order valence-electron chi connectivity index (χ3n) is 2.28. The van der Waals surface area contributed by atoms with Gasteiger partial charge in [0.1, 0.15) is 5.69 Å². The zero-order valence-electron chi connectivity index (χ0n) is 9.66. The summed E-state index contributed by atoms with van der Waals surface area (Å²) in [6.07, 6.45) is 1.61. The van der Waals surface area contributed by atoms with Crippen molar-refractivity contribution in [2.24, 2.45) is 11.7 Å². The van der Waals surface area contributed by atoms with E-state index in [0.29, 0.717) is 18.2 Å². The lowest BCUT2D eigenvalue weighted by Gasteiger charge is -2.11. The van der Waals surface area contributed by atoms with Gasteiger partial charge in [-0.1, -0.05) is 6.92 Å². The number of hydrogen-bond acceptors (Lipinski definition) is 4. The smallest absolute Gasteiger partial charge is 0.269 e. The van der Waals surface area contributed by atoms with Crippen molar-refractivity contribution in [3.05, 3.63) is 24.0 Å². The van der Waals surface area contributed by atoms with E-state index in [-0.39, 0.29) is 5.91 Å². The number of rotatable bonds is 5. The summed E-state index contributed by atoms with van der Waals surface area (Å²) in [6.45, 7) is 3.49. The van der Waals surface area contributed by atoms with E-state index in [1.54, 1.807) is 19.3 Å². The molecule has 0 saturated heterocycles. The summed E-state index contributed by atoms with van der Waals surface area (Å²) in [4.78, 5) is 15.3. The second-order valence-electron chi connectivity index (χ2n) is 3.73. The third kappa shape index (κ3) is 3.51. The molecule has 0 fully saturated rings. The maximum Gasteiger partial charge on any atom is 0.269 e. The minimum Gasteiger partial charge on any atom is -0.385 e. The molecule has 5 nitrogen and oxygen atoms in total. The molecule has 0 saturated carbocycles. The quantitative estimate of drug-likeness (QED) is 0.675. The number of aromatic nitrogens is 1. The van der Waals surface area contributed by atoms with Crippen molar-refractivity contribution in [3.8, 4) is 0 Å². The molecule has 1 atom stereocenters. The third-order valence-corrected chi connectivity index (χ3v) is 2.28. The molecule has 0 aliphatic heterocycles. The summed E-state index contributed by atoms with van der Waals surface area (Å²) in [5, 5.41) is 5.75. The molecule has 1 unspecified atom stereocenters. The lowest BCUT2D eigenvalue weighted by molar-refractivity contribution is 0.0958. The number of hydrogen-bond donors (Lipinski definition) is 3. The molecule has 0 aliphatic rings. The SMILES string of the molecule is CNC(=O)c1cc(NCC(C)CN)ccn1. The van der Waals surface area contributed by atoms with Crippen molar-refractivity contribution in [1.29, 1.82) is 0 Å². The monoisotopic (exact) mass is 222 g/mol. The highest BCUT2D eigenvalue weighted by Crippen LogP contribution is 2.08. The molecule has 0 spiro atoms. The highest BCUT2D eigenvalue weighted by molar-refractivity contribution is 5.92. The normalized spacial score (nSPS) is 11.9. The van der Waals surface area contributed by atoms with Crippen LogP contribution in [0, 0.1) is 5.92 Å². The van der Waals surface area contributed by atoms with Crippen LogP contribution in [0.1, 0.15) is 17.4 Å². The van der Waals surface area contributed by atoms with E-state index in [1.807, 2.05) is 6.07 Å². The predicted molar refractivity (Wildman–Crippen MR) is 64.3 cm³/mol. The van der Waals surface area contributed by atoms with E-state index in [2.05, 4.69) is 22.5 Å². The summed E-state index contributed by atoms with van der Waals surface area (Å²) in [5.41, 5.74) is 6.81. The number of carbonyl (C=O) groups is 1. The van der Waals surface area contributed by atoms with Gasteiger partial charge in [0, 0.05) is 25.5 Å². The van der Waals surface area contributed by atoms with E-state index in [1.165, 1.54) is 0 Å². The maximum absolute atomic E-state index is 11.3. The predicted octanol–water partition coefficient (Wildman–Crippen LogP) is 0.448. The van der Waals surface area contributed by atoms with Crippen molar-refractivity contribution >= 4 is 11.6 Å². The van der Waals surface area contributed by atoms with Crippen LogP contribution in [-0.2, 0) is 0 Å². The van der Waals surface area contributed by atoms with Crippen LogP contribution < -0.4 is 16.4 Å². The zero-order valence-corrected chi connectivity index (χ0v) is 9.66. The molecule has 1 aromatic heterocycles. The first-order chi connectivity index (χ1) is 7.67. The largest absolute Gasteiger partial charge is 0.385 e. The first-order valence-electron chi connectivity index (χ1n) is 5.29. The molecule has 16 heavy (non-hydrogen) atoms. The lowest BCUT2D eigenvalue weighted by atomic mass is 10.2. The molecule has 1 amide bonds. The number of nitrogens with one attached hydrogen (secondary N) is 2. The van der Waals surface area contributed by atoms with Crippen LogP contribution in [0.15, 0.2) is 18.3 Å². The topological polar surface area (TPSA) is 80.0 Å². The van der Waals surface area contributed by atoms with Gasteiger partial charge in [-0.25, -0.2) is 0 Å². The van der Waals surface area contributed by atoms with Crippen molar-refractivity contribution in [2.75, 3.05) is 25.5 Å². The number of carbonyl (C=O) groups excluding carboxylic acids is 1. The van der Waals surface area contributed by atoms with E-state index in [0.717, 1.165) is 12.2 Å². The Kier molecular flexibility index (Phi) is 4.72. The summed E-state index contributed by atoms with van der Waals surface area (Å²) < 4.78 is 0. The Morgan fingerprint density at radius 1 is 1.62 bits per heavy atom. The lowest BCUT2D eigenvalue weighted by Crippen LogP contribution is -2.21. The average Bonchev–Trinajstić information content (AvgIpc) is 2.35. The van der Waals surface area contributed by atoms with Crippen LogP contribution in [0.5, 0.6) is 0 Å². The number of nitrogens with two attached hydrogens (primary N) is 1. The van der Waals surface area contributed by atoms with E-state index in [9.17, 15) is 4.79 Å². The van der Waals surface area contributed by atoms with Gasteiger partial charge in [0.05, 0.1) is 0 Å². The van der Waals surface area contributed by atoms with Gasteiger partial charge in [0.15, 0.2) is 0 Å². The van der Waals surface area contributed by atoms with Gasteiger partial charge in [-0.15, -0.1) is 0 Å². The number of nitrogens with zero attached hydrogens (tertiary/aromatic N) is 1. The molecule has 5 heteroatoms. The van der Waals surface area contributed by atoms with E-state index in [4.69, 9.17) is 5.73 Å². The first-order valence-corrected chi connectivity index (χ1v) is 5.29. The minimum absolute atomic E-state index is 0.185. The molecule has 1 rings (SSSR count). The summed E-state index contributed by atoms with van der Waals surface area (Å²) in [6, 6.07) is 3.55. The van der Waals surface area contributed by atoms with Crippen LogP contribution in [0.3, 0.4) is 0 Å². The van der Waals surface area contributed by atoms with Crippen LogP contribution >= 0.6 is 0 Å². The Bertz CT molecular complexity index is 354. The Balaban J connectivity index is 2.64. The van der Waals surface area contributed by atoms with Gasteiger partial charge in [-0.2, -0.15) is 0 Å². The summed E-state index contributed by atoms with van der Waals surface area (Å²) in [5.74, 6) is 0.215. The highest BCUT2D eigenvalue weighted by Gasteiger charge is 2.05. The van der Waals surface area contributed by atoms with Crippen LogP contribution in [0.4, 0.5) is 5.69 Å². The summed E-state index contributed by atoms with van der Waals surface area (Å²) in [7, 11) is 1.58. The molecule has 1 aromatic rings. The second-order valence-corrected chi connectivity index (χ2v) is 3.73. The molecule has 4 N–H and O–H groups in total. The average molecular weight is 222 g/mol. The van der Waals surface area contributed by atoms with Gasteiger partial charge in [0.2, 0.25) is 0 Å². The molecule has 0 bridgehead atoms. The van der Waals surface area contributed by atoms with E-state index < -0.39 is 0 Å². The maximum atomic E-state index is 11.3. The molecular weight excluding hydrogens is 204 g/mol. The number of pyridine rings is 1. The van der Waals surface area contributed by atoms with Crippen LogP contribution in [0.2, 0.25) is 0 Å². The van der Waals surface area contributed by atoms with Crippen molar-refractivity contribution in [2.45, 2.75) is 6.92 Å². The number of amides is 1. The molecule has 1 heterocycles. The van der Waals surface area contributed by atoms with Crippen molar-refractivity contribution in [1.82, 2.24) is 10.3 Å². The second kappa shape index (κ2) is 6.07. The van der Waals surface area contributed by atoms with Gasteiger partial charge in [0.25, 0.3) is 5.91 Å². The minimum atomic E-state index is -0.185. The van der Waals surface area contributed by atoms with Gasteiger partial charge < -0.3 is 16.4 Å². The van der Waals surface area contributed by atoms with Gasteiger partial charge in [-0.05, 0) is 24.6 Å². The Morgan fingerprint density at radius 3 is 3.00 bits per heavy atom. The first kappa shape index (κ1) is 12.4. The molecule has 0 aliphatic carbocycles. The van der Waals surface area contributed by atoms with E-state index >= 15 is 0 Å². The Labute approximate surface area is 95.4 Å². The summed E-state index contributed by atoms with van der Waals surface area (Å²) >= 11 is 0. The van der Waals surface area contributed by atoms with Crippen LogP contribution in [0.25, 0.3) is 0 Å². The Morgan fingerprint density at radius 2 is 2.38 bits per heavy atom. The van der Waals surface area contributed by atoms with Crippen molar-refractivity contribution < 1.29 is 4.79 Å². The Hall–Kier alpha value is -1.62. The van der Waals surface area contributed by atoms with Gasteiger partial charge >= 0.3 is 0 Å². The molecule has 0 aromatic carbocycles. The van der Waals surface area contributed by atoms with Crippen LogP contribution in [-0.4, -0.2) is 31.0 Å². The molecular formula is C11H18N4O. The fraction of sp³-hybridized carbons (Fsp3) is 0.455. The van der Waals surface area contributed by atoms with Gasteiger partial charge in [-0.3, -0.25) is 9.78 Å².